The summed E-state index contributed by atoms with van der Waals surface area (Å²) in [4.78, 5) is 13.1. The van der Waals surface area contributed by atoms with Gasteiger partial charge in [-0.05, 0) is 6.92 Å². The van der Waals surface area contributed by atoms with Crippen molar-refractivity contribution in [3.63, 3.8) is 0 Å². The first-order valence-corrected chi connectivity index (χ1v) is 6.09. The highest BCUT2D eigenvalue weighted by atomic mass is 35.5. The zero-order valence-electron chi connectivity index (χ0n) is 10.2. The van der Waals surface area contributed by atoms with E-state index in [1.54, 1.807) is 6.20 Å². The van der Waals surface area contributed by atoms with Crippen molar-refractivity contribution in [2.75, 3.05) is 0 Å². The number of imidazole rings is 1. The number of aryl methyl sites for hydroxylation is 1. The lowest BCUT2D eigenvalue weighted by atomic mass is 10.2. The molecule has 5 heteroatoms. The van der Waals surface area contributed by atoms with E-state index < -0.39 is 0 Å². The molecule has 90 valence electrons. The Bertz CT molecular complexity index is 519. The lowest BCUT2D eigenvalue weighted by Crippen LogP contribution is -2.07. The van der Waals surface area contributed by atoms with Crippen molar-refractivity contribution in [1.82, 2.24) is 19.5 Å². The molecule has 2 aromatic rings. The number of hydrogen-bond donors (Lipinski definition) is 0. The van der Waals surface area contributed by atoms with Gasteiger partial charge in [-0.1, -0.05) is 13.8 Å². The molecule has 0 aliphatic rings. The molecule has 2 aromatic heterocycles. The maximum absolute atomic E-state index is 5.95. The average molecular weight is 251 g/mol. The first kappa shape index (κ1) is 12.0. The lowest BCUT2D eigenvalue weighted by Gasteiger charge is -2.11. The van der Waals surface area contributed by atoms with Crippen LogP contribution in [0.3, 0.4) is 0 Å². The van der Waals surface area contributed by atoms with Crippen LogP contribution in [-0.4, -0.2) is 19.5 Å². The highest BCUT2D eigenvalue weighted by molar-refractivity contribution is 6.17. The van der Waals surface area contributed by atoms with Gasteiger partial charge in [-0.3, -0.25) is 0 Å². The van der Waals surface area contributed by atoms with Crippen molar-refractivity contribution >= 4 is 11.6 Å². The minimum atomic E-state index is 0.301. The Hall–Kier alpha value is -1.42. The normalized spacial score (nSPS) is 11.1. The quantitative estimate of drug-likeness (QED) is 0.787. The van der Waals surface area contributed by atoms with Gasteiger partial charge in [0.05, 0.1) is 23.5 Å². The van der Waals surface area contributed by atoms with E-state index in [1.807, 2.05) is 23.9 Å². The number of aromatic nitrogens is 4. The second kappa shape index (κ2) is 4.84. The number of rotatable bonds is 3. The smallest absolute Gasteiger partial charge is 0.131 e. The molecule has 0 aliphatic carbocycles. The third-order valence-corrected chi connectivity index (χ3v) is 2.85. The molecule has 0 fully saturated rings. The number of halogens is 1. The molecule has 0 saturated carbocycles. The summed E-state index contributed by atoms with van der Waals surface area (Å²) in [7, 11) is 0. The van der Waals surface area contributed by atoms with Crippen LogP contribution in [0.15, 0.2) is 18.6 Å². The van der Waals surface area contributed by atoms with E-state index in [-0.39, 0.29) is 0 Å². The molecule has 0 spiro atoms. The van der Waals surface area contributed by atoms with Gasteiger partial charge < -0.3 is 4.57 Å². The predicted molar refractivity (Wildman–Crippen MR) is 67.5 cm³/mol. The molecular formula is C12H15ClN4. The fraction of sp³-hybridized carbons (Fsp3) is 0.417. The molecule has 0 radical (unpaired) electrons. The van der Waals surface area contributed by atoms with Gasteiger partial charge >= 0.3 is 0 Å². The van der Waals surface area contributed by atoms with Crippen molar-refractivity contribution in [3.8, 4) is 5.69 Å². The molecule has 2 heterocycles. The van der Waals surface area contributed by atoms with Crippen molar-refractivity contribution in [3.05, 3.63) is 35.9 Å². The van der Waals surface area contributed by atoms with Gasteiger partial charge in [-0.2, -0.15) is 0 Å². The van der Waals surface area contributed by atoms with E-state index >= 15 is 0 Å². The Morgan fingerprint density at radius 1 is 1.35 bits per heavy atom. The fourth-order valence-electron chi connectivity index (χ4n) is 1.64. The van der Waals surface area contributed by atoms with E-state index in [2.05, 4.69) is 28.8 Å². The van der Waals surface area contributed by atoms with E-state index in [0.29, 0.717) is 11.8 Å². The number of alkyl halides is 1. The zero-order chi connectivity index (χ0) is 12.4. The molecule has 17 heavy (non-hydrogen) atoms. The Morgan fingerprint density at radius 2 is 2.12 bits per heavy atom. The van der Waals surface area contributed by atoms with Gasteiger partial charge in [0.1, 0.15) is 11.6 Å². The summed E-state index contributed by atoms with van der Waals surface area (Å²) in [6, 6.07) is 0. The molecule has 0 bridgehead atoms. The summed E-state index contributed by atoms with van der Waals surface area (Å²) in [5.41, 5.74) is 1.74. The summed E-state index contributed by atoms with van der Waals surface area (Å²) >= 11 is 5.95. The van der Waals surface area contributed by atoms with Crippen LogP contribution in [0, 0.1) is 6.92 Å². The van der Waals surface area contributed by atoms with Crippen LogP contribution >= 0.6 is 11.6 Å². The second-order valence-electron chi connectivity index (χ2n) is 4.19. The minimum Gasteiger partial charge on any atom is -0.301 e. The Kier molecular flexibility index (Phi) is 3.43. The largest absolute Gasteiger partial charge is 0.301 e. The standard InChI is InChI=1S/C12H15ClN4/c1-8(2)12-15-7-11(10(6-13)16-12)17-5-4-14-9(17)3/h4-5,7-8H,6H2,1-3H3. The van der Waals surface area contributed by atoms with Gasteiger partial charge in [0.25, 0.3) is 0 Å². The maximum atomic E-state index is 5.95. The predicted octanol–water partition coefficient (Wildman–Crippen LogP) is 2.83. The fourth-order valence-corrected chi connectivity index (χ4v) is 1.83. The van der Waals surface area contributed by atoms with Gasteiger partial charge in [0, 0.05) is 18.3 Å². The molecule has 0 amide bonds. The van der Waals surface area contributed by atoms with E-state index in [0.717, 1.165) is 23.0 Å². The van der Waals surface area contributed by atoms with Crippen LogP contribution in [0.5, 0.6) is 0 Å². The maximum Gasteiger partial charge on any atom is 0.131 e. The van der Waals surface area contributed by atoms with Gasteiger partial charge in [-0.25, -0.2) is 15.0 Å². The summed E-state index contributed by atoms with van der Waals surface area (Å²) in [5, 5.41) is 0. The second-order valence-corrected chi connectivity index (χ2v) is 4.46. The van der Waals surface area contributed by atoms with E-state index in [1.165, 1.54) is 0 Å². The van der Waals surface area contributed by atoms with E-state index in [9.17, 15) is 0 Å². The van der Waals surface area contributed by atoms with Crippen molar-refractivity contribution in [1.29, 1.82) is 0 Å². The summed E-state index contributed by atoms with van der Waals surface area (Å²) < 4.78 is 1.95. The highest BCUT2D eigenvalue weighted by Crippen LogP contribution is 2.18. The Morgan fingerprint density at radius 3 is 2.65 bits per heavy atom. The van der Waals surface area contributed by atoms with Crippen LogP contribution in [0.25, 0.3) is 5.69 Å². The Balaban J connectivity index is 2.52. The van der Waals surface area contributed by atoms with Crippen molar-refractivity contribution in [2.45, 2.75) is 32.6 Å². The monoisotopic (exact) mass is 250 g/mol. The molecule has 4 nitrogen and oxygen atoms in total. The van der Waals surface area contributed by atoms with Gasteiger partial charge in [-0.15, -0.1) is 11.6 Å². The highest BCUT2D eigenvalue weighted by Gasteiger charge is 2.11. The number of nitrogens with zero attached hydrogens (tertiary/aromatic N) is 4. The van der Waals surface area contributed by atoms with Crippen LogP contribution in [0.2, 0.25) is 0 Å². The van der Waals surface area contributed by atoms with Crippen LogP contribution < -0.4 is 0 Å². The average Bonchev–Trinajstić information content (AvgIpc) is 2.74. The molecule has 0 aliphatic heterocycles. The molecule has 0 N–H and O–H groups in total. The zero-order valence-corrected chi connectivity index (χ0v) is 10.9. The third kappa shape index (κ3) is 2.31. The first-order valence-electron chi connectivity index (χ1n) is 5.55. The molecular weight excluding hydrogens is 236 g/mol. The Labute approximate surface area is 106 Å². The van der Waals surface area contributed by atoms with Crippen LogP contribution in [0.1, 0.15) is 37.1 Å². The van der Waals surface area contributed by atoms with Gasteiger partial charge in [0.15, 0.2) is 0 Å². The number of hydrogen-bond acceptors (Lipinski definition) is 3. The van der Waals surface area contributed by atoms with Gasteiger partial charge in [0.2, 0.25) is 0 Å². The topological polar surface area (TPSA) is 43.6 Å². The minimum absolute atomic E-state index is 0.301. The van der Waals surface area contributed by atoms with E-state index in [4.69, 9.17) is 11.6 Å². The van der Waals surface area contributed by atoms with Crippen molar-refractivity contribution < 1.29 is 0 Å². The molecule has 0 saturated heterocycles. The molecule has 0 aromatic carbocycles. The first-order chi connectivity index (χ1) is 8.13. The summed E-state index contributed by atoms with van der Waals surface area (Å²) in [6.45, 7) is 6.07. The van der Waals surface area contributed by atoms with Crippen LogP contribution in [0.4, 0.5) is 0 Å². The summed E-state index contributed by atoms with van der Waals surface area (Å²) in [6.07, 6.45) is 5.46. The third-order valence-electron chi connectivity index (χ3n) is 2.59. The SMILES string of the molecule is Cc1nccn1-c1cnc(C(C)C)nc1CCl. The molecule has 0 unspecified atom stereocenters. The molecule has 2 rings (SSSR count). The van der Waals surface area contributed by atoms with Crippen LogP contribution in [-0.2, 0) is 5.88 Å². The lowest BCUT2D eigenvalue weighted by molar-refractivity contribution is 0.756. The molecule has 0 atom stereocenters. The van der Waals surface area contributed by atoms with Crippen molar-refractivity contribution in [2.24, 2.45) is 0 Å². The summed E-state index contributed by atoms with van der Waals surface area (Å²) in [5.74, 6) is 2.39.